The van der Waals surface area contributed by atoms with Gasteiger partial charge >= 0.3 is 0 Å². The molecule has 0 unspecified atom stereocenters. The van der Waals surface area contributed by atoms with Crippen LogP contribution in [-0.4, -0.2) is 74.4 Å². The van der Waals surface area contributed by atoms with Crippen molar-refractivity contribution in [3.05, 3.63) is 11.8 Å². The summed E-state index contributed by atoms with van der Waals surface area (Å²) in [5, 5.41) is 12.2. The number of aliphatic hydroxyl groups is 1. The Labute approximate surface area is 156 Å². The Morgan fingerprint density at radius 3 is 2.54 bits per heavy atom. The van der Waals surface area contributed by atoms with Gasteiger partial charge in [0.25, 0.3) is 0 Å². The molecule has 0 atom stereocenters. The maximum absolute atomic E-state index is 12.1. The number of ketones is 1. The van der Waals surface area contributed by atoms with Gasteiger partial charge in [0.1, 0.15) is 0 Å². The third kappa shape index (κ3) is 7.76. The fourth-order valence-corrected chi connectivity index (χ4v) is 2.70. The maximum Gasteiger partial charge on any atom is 0.234 e. The number of nitrogens with one attached hydrogen (secondary N) is 1. The van der Waals surface area contributed by atoms with Crippen LogP contribution in [0.4, 0.5) is 0 Å². The molecule has 1 fully saturated rings. The van der Waals surface area contributed by atoms with Crippen molar-refractivity contribution in [2.24, 2.45) is 16.3 Å². The maximum atomic E-state index is 12.1. The highest BCUT2D eigenvalue weighted by Crippen LogP contribution is 2.29. The van der Waals surface area contributed by atoms with E-state index in [0.29, 0.717) is 32.6 Å². The SMILES string of the molecule is C/C=N/C(=C\CC(=O)CN(C)CC(=O)NCCC1(CO)COC1)C(C)C. The Morgan fingerprint density at radius 1 is 1.35 bits per heavy atom. The van der Waals surface area contributed by atoms with Crippen LogP contribution in [0.25, 0.3) is 0 Å². The third-order valence-corrected chi connectivity index (χ3v) is 4.40. The van der Waals surface area contributed by atoms with Crippen LogP contribution in [0.15, 0.2) is 16.8 Å². The van der Waals surface area contributed by atoms with Crippen LogP contribution < -0.4 is 5.32 Å². The number of carbonyl (C=O) groups excluding carboxylic acids is 2. The van der Waals surface area contributed by atoms with Gasteiger partial charge < -0.3 is 15.2 Å². The molecule has 1 amide bonds. The quantitative estimate of drug-likeness (QED) is 0.503. The van der Waals surface area contributed by atoms with E-state index in [9.17, 15) is 14.7 Å². The van der Waals surface area contributed by atoms with E-state index < -0.39 is 0 Å². The number of hydrogen-bond donors (Lipinski definition) is 2. The lowest BCUT2D eigenvalue weighted by Crippen LogP contribution is -2.48. The number of amides is 1. The standard InChI is InChI=1S/C19H33N3O4/c1-5-20-17(15(2)3)7-6-16(24)10-22(4)11-18(25)21-9-8-19(12-23)13-26-14-19/h5,7,15,23H,6,8-14H2,1-4H3,(H,21,25)/b17-7-,20-5+. The van der Waals surface area contributed by atoms with Gasteiger partial charge in [-0.15, -0.1) is 0 Å². The second-order valence-corrected chi connectivity index (χ2v) is 7.34. The molecule has 7 nitrogen and oxygen atoms in total. The van der Waals surface area contributed by atoms with E-state index in [2.05, 4.69) is 10.3 Å². The predicted octanol–water partition coefficient (Wildman–Crippen LogP) is 1.02. The highest BCUT2D eigenvalue weighted by atomic mass is 16.5. The minimum atomic E-state index is -0.198. The molecule has 0 aromatic carbocycles. The van der Waals surface area contributed by atoms with Gasteiger partial charge in [-0.3, -0.25) is 19.5 Å². The number of hydrogen-bond acceptors (Lipinski definition) is 6. The van der Waals surface area contributed by atoms with Crippen molar-refractivity contribution < 1.29 is 19.4 Å². The zero-order chi connectivity index (χ0) is 19.6. The lowest BCUT2D eigenvalue weighted by atomic mass is 9.83. The number of likely N-dealkylation sites (N-methyl/N-ethyl adjacent to an activating group) is 1. The summed E-state index contributed by atoms with van der Waals surface area (Å²) < 4.78 is 5.13. The first-order chi connectivity index (χ1) is 12.3. The van der Waals surface area contributed by atoms with Crippen molar-refractivity contribution in [2.45, 2.75) is 33.6 Å². The number of ether oxygens (including phenoxy) is 1. The normalized spacial score (nSPS) is 17.0. The summed E-state index contributed by atoms with van der Waals surface area (Å²) in [7, 11) is 1.75. The second kappa shape index (κ2) is 11.2. The minimum absolute atomic E-state index is 0.0515. The summed E-state index contributed by atoms with van der Waals surface area (Å²) in [5.74, 6) is 0.198. The van der Waals surface area contributed by atoms with Crippen LogP contribution in [0.2, 0.25) is 0 Å². The second-order valence-electron chi connectivity index (χ2n) is 7.34. The average molecular weight is 367 g/mol. The molecule has 2 N–H and O–H groups in total. The molecule has 26 heavy (non-hydrogen) atoms. The van der Waals surface area contributed by atoms with Gasteiger partial charge in [0.05, 0.1) is 32.9 Å². The van der Waals surface area contributed by atoms with Gasteiger partial charge in [-0.1, -0.05) is 19.9 Å². The fourth-order valence-electron chi connectivity index (χ4n) is 2.70. The van der Waals surface area contributed by atoms with Crippen LogP contribution in [-0.2, 0) is 14.3 Å². The average Bonchev–Trinajstić information content (AvgIpc) is 2.53. The molecule has 1 aliphatic rings. The van der Waals surface area contributed by atoms with Crippen LogP contribution >= 0.6 is 0 Å². The highest BCUT2D eigenvalue weighted by molar-refractivity contribution is 5.83. The van der Waals surface area contributed by atoms with Gasteiger partial charge in [0, 0.05) is 30.3 Å². The summed E-state index contributed by atoms with van der Waals surface area (Å²) in [6.07, 6.45) is 4.59. The number of carbonyl (C=O) groups is 2. The summed E-state index contributed by atoms with van der Waals surface area (Å²) in [6.45, 7) is 7.98. The molecule has 0 radical (unpaired) electrons. The number of allylic oxidation sites excluding steroid dienone is 2. The lowest BCUT2D eigenvalue weighted by Gasteiger charge is -2.39. The largest absolute Gasteiger partial charge is 0.396 e. The number of rotatable bonds is 12. The molecule has 0 bridgehead atoms. The van der Waals surface area contributed by atoms with Gasteiger partial charge in [-0.2, -0.15) is 0 Å². The number of aliphatic imine (C=N–C) groups is 1. The minimum Gasteiger partial charge on any atom is -0.396 e. The topological polar surface area (TPSA) is 91.2 Å². The van der Waals surface area contributed by atoms with E-state index in [0.717, 1.165) is 5.70 Å². The van der Waals surface area contributed by atoms with E-state index in [1.807, 2.05) is 26.8 Å². The van der Waals surface area contributed by atoms with Crippen molar-refractivity contribution in [2.75, 3.05) is 46.5 Å². The number of Topliss-reactive ketones (excluding diaryl/α,β-unsaturated/α-hetero) is 1. The Morgan fingerprint density at radius 2 is 2.04 bits per heavy atom. The smallest absolute Gasteiger partial charge is 0.234 e. The monoisotopic (exact) mass is 367 g/mol. The first kappa shape index (κ1) is 22.5. The first-order valence-electron chi connectivity index (χ1n) is 9.16. The van der Waals surface area contributed by atoms with Crippen LogP contribution in [0, 0.1) is 11.3 Å². The Kier molecular flexibility index (Phi) is 9.69. The van der Waals surface area contributed by atoms with Gasteiger partial charge in [0.15, 0.2) is 5.78 Å². The number of aliphatic hydroxyl groups excluding tert-OH is 1. The molecule has 0 aromatic heterocycles. The van der Waals surface area contributed by atoms with Crippen molar-refractivity contribution in [3.63, 3.8) is 0 Å². The Balaban J connectivity index is 2.29. The lowest BCUT2D eigenvalue weighted by molar-refractivity contribution is -0.141. The summed E-state index contributed by atoms with van der Waals surface area (Å²) in [6, 6.07) is 0. The third-order valence-electron chi connectivity index (χ3n) is 4.40. The van der Waals surface area contributed by atoms with Crippen molar-refractivity contribution >= 4 is 17.9 Å². The summed E-state index contributed by atoms with van der Waals surface area (Å²) >= 11 is 0. The molecular weight excluding hydrogens is 334 g/mol. The zero-order valence-corrected chi connectivity index (χ0v) is 16.5. The fraction of sp³-hybridized carbons (Fsp3) is 0.737. The summed E-state index contributed by atoms with van der Waals surface area (Å²) in [4.78, 5) is 30.0. The first-order valence-corrected chi connectivity index (χ1v) is 9.16. The summed E-state index contributed by atoms with van der Waals surface area (Å²) in [5.41, 5.74) is 0.704. The molecule has 0 aliphatic carbocycles. The zero-order valence-electron chi connectivity index (χ0n) is 16.5. The molecule has 0 saturated carbocycles. The molecule has 0 spiro atoms. The van der Waals surface area contributed by atoms with Gasteiger partial charge in [0.2, 0.25) is 5.91 Å². The van der Waals surface area contributed by atoms with E-state index in [-0.39, 0.29) is 42.7 Å². The molecule has 1 heterocycles. The number of nitrogens with zero attached hydrogens (tertiary/aromatic N) is 2. The van der Waals surface area contributed by atoms with Crippen LogP contribution in [0.1, 0.15) is 33.6 Å². The van der Waals surface area contributed by atoms with Crippen LogP contribution in [0.3, 0.4) is 0 Å². The Bertz CT molecular complexity index is 519. The molecule has 148 valence electrons. The molecule has 7 heteroatoms. The Hall–Kier alpha value is -1.57. The van der Waals surface area contributed by atoms with Crippen molar-refractivity contribution in [3.8, 4) is 0 Å². The highest BCUT2D eigenvalue weighted by Gasteiger charge is 2.37. The van der Waals surface area contributed by atoms with E-state index in [1.165, 1.54) is 0 Å². The predicted molar refractivity (Wildman–Crippen MR) is 102 cm³/mol. The molecule has 1 aliphatic heterocycles. The van der Waals surface area contributed by atoms with E-state index in [1.54, 1.807) is 18.2 Å². The molecule has 1 saturated heterocycles. The van der Waals surface area contributed by atoms with Crippen molar-refractivity contribution in [1.82, 2.24) is 10.2 Å². The molecular formula is C19H33N3O4. The molecule has 0 aromatic rings. The molecule has 1 rings (SSSR count). The van der Waals surface area contributed by atoms with Crippen molar-refractivity contribution in [1.29, 1.82) is 0 Å². The van der Waals surface area contributed by atoms with Gasteiger partial charge in [-0.05, 0) is 26.3 Å². The van der Waals surface area contributed by atoms with Gasteiger partial charge in [-0.25, -0.2) is 0 Å². The van der Waals surface area contributed by atoms with E-state index in [4.69, 9.17) is 4.74 Å². The van der Waals surface area contributed by atoms with E-state index >= 15 is 0 Å². The van der Waals surface area contributed by atoms with Crippen LogP contribution in [0.5, 0.6) is 0 Å².